The Morgan fingerprint density at radius 3 is 2.22 bits per heavy atom. The highest BCUT2D eigenvalue weighted by Gasteiger charge is 2.50. The Morgan fingerprint density at radius 1 is 1.28 bits per heavy atom. The summed E-state index contributed by atoms with van der Waals surface area (Å²) in [5.74, 6) is -0.650. The fourth-order valence-corrected chi connectivity index (χ4v) is 2.46. The SMILES string of the molecule is CC(C(=O)O)N1CCN(C(=O)C2(CN)CC2)CC1. The van der Waals surface area contributed by atoms with Crippen molar-refractivity contribution in [2.45, 2.75) is 25.8 Å². The van der Waals surface area contributed by atoms with Crippen molar-refractivity contribution in [3.8, 4) is 0 Å². The van der Waals surface area contributed by atoms with Crippen molar-refractivity contribution >= 4 is 11.9 Å². The molecule has 1 aliphatic carbocycles. The van der Waals surface area contributed by atoms with Gasteiger partial charge in [0.1, 0.15) is 6.04 Å². The smallest absolute Gasteiger partial charge is 0.320 e. The van der Waals surface area contributed by atoms with Crippen LogP contribution in [0.2, 0.25) is 0 Å². The molecular formula is C12H21N3O3. The lowest BCUT2D eigenvalue weighted by Gasteiger charge is -2.38. The quantitative estimate of drug-likeness (QED) is 0.696. The monoisotopic (exact) mass is 255 g/mol. The first-order valence-corrected chi connectivity index (χ1v) is 6.46. The minimum atomic E-state index is -0.810. The third-order valence-electron chi connectivity index (χ3n) is 4.20. The van der Waals surface area contributed by atoms with E-state index in [1.54, 1.807) is 6.92 Å². The van der Waals surface area contributed by atoms with Crippen LogP contribution in [0.25, 0.3) is 0 Å². The van der Waals surface area contributed by atoms with Crippen LogP contribution < -0.4 is 5.73 Å². The van der Waals surface area contributed by atoms with E-state index in [2.05, 4.69) is 0 Å². The number of aliphatic carboxylic acids is 1. The van der Waals surface area contributed by atoms with Gasteiger partial charge in [0.15, 0.2) is 0 Å². The molecule has 0 spiro atoms. The maximum absolute atomic E-state index is 12.2. The highest BCUT2D eigenvalue weighted by atomic mass is 16.4. The van der Waals surface area contributed by atoms with E-state index in [1.165, 1.54) is 0 Å². The van der Waals surface area contributed by atoms with E-state index in [9.17, 15) is 9.59 Å². The first-order valence-electron chi connectivity index (χ1n) is 6.46. The Bertz CT molecular complexity index is 346. The standard InChI is InChI=1S/C12H21N3O3/c1-9(10(16)17)14-4-6-15(7-5-14)11(18)12(8-13)2-3-12/h9H,2-8,13H2,1H3,(H,16,17). The number of carboxylic acid groups (broad SMARTS) is 1. The number of rotatable bonds is 4. The van der Waals surface area contributed by atoms with Crippen molar-refractivity contribution in [2.24, 2.45) is 11.1 Å². The summed E-state index contributed by atoms with van der Waals surface area (Å²) in [7, 11) is 0. The zero-order valence-corrected chi connectivity index (χ0v) is 10.8. The summed E-state index contributed by atoms with van der Waals surface area (Å²) in [5.41, 5.74) is 5.36. The zero-order valence-electron chi connectivity index (χ0n) is 10.8. The maximum Gasteiger partial charge on any atom is 0.320 e. The van der Waals surface area contributed by atoms with Crippen LogP contribution in [0, 0.1) is 5.41 Å². The predicted octanol–water partition coefficient (Wildman–Crippen LogP) is -0.657. The van der Waals surface area contributed by atoms with E-state index >= 15 is 0 Å². The van der Waals surface area contributed by atoms with Gasteiger partial charge in [0.2, 0.25) is 5.91 Å². The number of hydrogen-bond donors (Lipinski definition) is 2. The molecule has 102 valence electrons. The number of piperazine rings is 1. The van der Waals surface area contributed by atoms with Crippen LogP contribution in [0.5, 0.6) is 0 Å². The number of carbonyl (C=O) groups is 2. The molecule has 0 radical (unpaired) electrons. The lowest BCUT2D eigenvalue weighted by molar-refractivity contribution is -0.144. The van der Waals surface area contributed by atoms with E-state index in [-0.39, 0.29) is 11.3 Å². The van der Waals surface area contributed by atoms with E-state index in [4.69, 9.17) is 10.8 Å². The largest absolute Gasteiger partial charge is 0.480 e. The summed E-state index contributed by atoms with van der Waals surface area (Å²) < 4.78 is 0. The van der Waals surface area contributed by atoms with Gasteiger partial charge >= 0.3 is 5.97 Å². The number of nitrogens with zero attached hydrogens (tertiary/aromatic N) is 2. The second-order valence-electron chi connectivity index (χ2n) is 5.33. The molecule has 2 rings (SSSR count). The van der Waals surface area contributed by atoms with Gasteiger partial charge in [0.05, 0.1) is 5.41 Å². The van der Waals surface area contributed by atoms with Crippen molar-refractivity contribution in [3.05, 3.63) is 0 Å². The van der Waals surface area contributed by atoms with Gasteiger partial charge in [0.25, 0.3) is 0 Å². The number of nitrogens with two attached hydrogens (primary N) is 1. The molecule has 18 heavy (non-hydrogen) atoms. The zero-order chi connectivity index (χ0) is 13.3. The number of amides is 1. The van der Waals surface area contributed by atoms with Crippen LogP contribution in [0.3, 0.4) is 0 Å². The predicted molar refractivity (Wildman–Crippen MR) is 66.0 cm³/mol. The van der Waals surface area contributed by atoms with Crippen LogP contribution in [-0.2, 0) is 9.59 Å². The summed E-state index contributed by atoms with van der Waals surface area (Å²) in [5, 5.41) is 8.95. The third kappa shape index (κ3) is 2.35. The Labute approximate surface area is 107 Å². The minimum absolute atomic E-state index is 0.160. The number of hydrogen-bond acceptors (Lipinski definition) is 4. The molecule has 1 saturated heterocycles. The molecule has 0 aromatic heterocycles. The van der Waals surface area contributed by atoms with Gasteiger partial charge in [-0.1, -0.05) is 0 Å². The van der Waals surface area contributed by atoms with Gasteiger partial charge in [-0.2, -0.15) is 0 Å². The summed E-state index contributed by atoms with van der Waals surface area (Å²) in [6, 6.07) is -0.480. The summed E-state index contributed by atoms with van der Waals surface area (Å²) in [6.07, 6.45) is 1.79. The summed E-state index contributed by atoms with van der Waals surface area (Å²) in [6.45, 7) is 4.58. The molecule has 6 nitrogen and oxygen atoms in total. The fraction of sp³-hybridized carbons (Fsp3) is 0.833. The average Bonchev–Trinajstić information content (AvgIpc) is 3.18. The molecular weight excluding hydrogens is 234 g/mol. The highest BCUT2D eigenvalue weighted by molar-refractivity contribution is 5.85. The topological polar surface area (TPSA) is 86.9 Å². The van der Waals surface area contributed by atoms with Gasteiger partial charge in [0, 0.05) is 32.7 Å². The third-order valence-corrected chi connectivity index (χ3v) is 4.20. The molecule has 2 fully saturated rings. The van der Waals surface area contributed by atoms with Crippen LogP contribution in [0.4, 0.5) is 0 Å². The van der Waals surface area contributed by atoms with Crippen molar-refractivity contribution in [1.82, 2.24) is 9.80 Å². The molecule has 1 heterocycles. The molecule has 1 amide bonds. The molecule has 1 saturated carbocycles. The Kier molecular flexibility index (Phi) is 3.59. The van der Waals surface area contributed by atoms with Gasteiger partial charge in [-0.05, 0) is 19.8 Å². The van der Waals surface area contributed by atoms with Crippen molar-refractivity contribution < 1.29 is 14.7 Å². The van der Waals surface area contributed by atoms with Crippen LogP contribution in [-0.4, -0.2) is 65.5 Å². The van der Waals surface area contributed by atoms with Crippen LogP contribution in [0.15, 0.2) is 0 Å². The fourth-order valence-electron chi connectivity index (χ4n) is 2.46. The normalized spacial score (nSPS) is 24.7. The van der Waals surface area contributed by atoms with E-state index in [0.29, 0.717) is 32.7 Å². The first kappa shape index (κ1) is 13.3. The molecule has 1 aliphatic heterocycles. The van der Waals surface area contributed by atoms with E-state index in [1.807, 2.05) is 9.80 Å². The molecule has 3 N–H and O–H groups in total. The second kappa shape index (κ2) is 4.85. The van der Waals surface area contributed by atoms with Crippen molar-refractivity contribution in [1.29, 1.82) is 0 Å². The Balaban J connectivity index is 1.87. The minimum Gasteiger partial charge on any atom is -0.480 e. The highest BCUT2D eigenvalue weighted by Crippen LogP contribution is 2.46. The van der Waals surface area contributed by atoms with Gasteiger partial charge in [-0.15, -0.1) is 0 Å². The lowest BCUT2D eigenvalue weighted by Crippen LogP contribution is -2.55. The molecule has 2 aliphatic rings. The first-order chi connectivity index (χ1) is 8.50. The lowest BCUT2D eigenvalue weighted by atomic mass is 10.1. The van der Waals surface area contributed by atoms with Crippen molar-refractivity contribution in [3.63, 3.8) is 0 Å². The summed E-state index contributed by atoms with van der Waals surface area (Å²) in [4.78, 5) is 26.9. The summed E-state index contributed by atoms with van der Waals surface area (Å²) >= 11 is 0. The van der Waals surface area contributed by atoms with E-state index < -0.39 is 12.0 Å². The molecule has 0 aromatic carbocycles. The maximum atomic E-state index is 12.2. The second-order valence-corrected chi connectivity index (χ2v) is 5.33. The molecule has 1 atom stereocenters. The molecule has 0 aromatic rings. The van der Waals surface area contributed by atoms with E-state index in [0.717, 1.165) is 12.8 Å². The van der Waals surface area contributed by atoms with Crippen LogP contribution >= 0.6 is 0 Å². The Hall–Kier alpha value is -1.14. The van der Waals surface area contributed by atoms with Gasteiger partial charge in [-0.3, -0.25) is 14.5 Å². The van der Waals surface area contributed by atoms with Gasteiger partial charge < -0.3 is 15.7 Å². The number of carboxylic acids is 1. The van der Waals surface area contributed by atoms with Gasteiger partial charge in [-0.25, -0.2) is 0 Å². The molecule has 1 unspecified atom stereocenters. The average molecular weight is 255 g/mol. The molecule has 0 bridgehead atoms. The number of carbonyl (C=O) groups excluding carboxylic acids is 1. The Morgan fingerprint density at radius 2 is 1.83 bits per heavy atom. The molecule has 6 heteroatoms. The van der Waals surface area contributed by atoms with Crippen LogP contribution in [0.1, 0.15) is 19.8 Å². The van der Waals surface area contributed by atoms with Crippen molar-refractivity contribution in [2.75, 3.05) is 32.7 Å².